The van der Waals surface area contributed by atoms with Gasteiger partial charge in [-0.2, -0.15) is 4.98 Å². The molecule has 5 rings (SSSR count). The highest BCUT2D eigenvalue weighted by atomic mass is 16.5. The first kappa shape index (κ1) is 18.9. The third-order valence-corrected chi connectivity index (χ3v) is 5.62. The number of pyridine rings is 1. The lowest BCUT2D eigenvalue weighted by Gasteiger charge is -2.36. The summed E-state index contributed by atoms with van der Waals surface area (Å²) < 4.78 is 5.48. The van der Waals surface area contributed by atoms with Crippen LogP contribution in [0.2, 0.25) is 0 Å². The van der Waals surface area contributed by atoms with Crippen LogP contribution in [0.1, 0.15) is 11.5 Å². The normalized spacial score (nSPS) is 17.6. The number of piperazine rings is 1. The maximum absolute atomic E-state index is 5.48. The fraction of sp³-hybridized carbons (Fsp3) is 0.476. The standard InChI is InChI=1S/C21H26N8O/c1-15-13-19(27-9-11-30-12-10-27)26-21(23-15)29-7-5-28(6-8-29)20-17-3-4-22-14-18(17)24-16(2)25-20/h3-4,13-14H,5-12H2,1-2H3. The third-order valence-electron chi connectivity index (χ3n) is 5.62. The molecule has 0 spiro atoms. The maximum Gasteiger partial charge on any atom is 0.227 e. The van der Waals surface area contributed by atoms with E-state index in [0.717, 1.165) is 92.5 Å². The van der Waals surface area contributed by atoms with Crippen molar-refractivity contribution < 1.29 is 4.74 Å². The summed E-state index contributed by atoms with van der Waals surface area (Å²) in [7, 11) is 0. The van der Waals surface area contributed by atoms with E-state index < -0.39 is 0 Å². The van der Waals surface area contributed by atoms with E-state index in [-0.39, 0.29) is 0 Å². The molecule has 2 aliphatic rings. The van der Waals surface area contributed by atoms with E-state index in [9.17, 15) is 0 Å². The van der Waals surface area contributed by atoms with Gasteiger partial charge in [0.15, 0.2) is 0 Å². The van der Waals surface area contributed by atoms with Crippen LogP contribution in [0.15, 0.2) is 24.5 Å². The van der Waals surface area contributed by atoms with E-state index >= 15 is 0 Å². The number of aromatic nitrogens is 5. The first-order valence-corrected chi connectivity index (χ1v) is 10.4. The zero-order valence-electron chi connectivity index (χ0n) is 17.5. The van der Waals surface area contributed by atoms with Crippen LogP contribution < -0.4 is 14.7 Å². The molecule has 0 aliphatic carbocycles. The molecule has 9 nitrogen and oxygen atoms in total. The molecule has 2 fully saturated rings. The average molecular weight is 406 g/mol. The lowest BCUT2D eigenvalue weighted by Crippen LogP contribution is -2.47. The minimum atomic E-state index is 0.749. The lowest BCUT2D eigenvalue weighted by molar-refractivity contribution is 0.122. The predicted molar refractivity (Wildman–Crippen MR) is 116 cm³/mol. The fourth-order valence-corrected chi connectivity index (χ4v) is 4.07. The largest absolute Gasteiger partial charge is 0.378 e. The van der Waals surface area contributed by atoms with Crippen molar-refractivity contribution in [2.75, 3.05) is 67.2 Å². The van der Waals surface area contributed by atoms with Crippen LogP contribution >= 0.6 is 0 Å². The Labute approximate surface area is 175 Å². The van der Waals surface area contributed by atoms with Crippen molar-refractivity contribution >= 4 is 28.5 Å². The molecule has 2 saturated heterocycles. The van der Waals surface area contributed by atoms with E-state index in [1.165, 1.54) is 0 Å². The summed E-state index contributed by atoms with van der Waals surface area (Å²) in [6, 6.07) is 4.06. The summed E-state index contributed by atoms with van der Waals surface area (Å²) >= 11 is 0. The molecule has 9 heteroatoms. The Balaban J connectivity index is 1.35. The number of fused-ring (bicyclic) bond motifs is 1. The van der Waals surface area contributed by atoms with Crippen LogP contribution in [-0.2, 0) is 4.74 Å². The molecule has 0 bridgehead atoms. The Hall–Kier alpha value is -3.07. The molecule has 0 amide bonds. The van der Waals surface area contributed by atoms with Crippen molar-refractivity contribution in [2.24, 2.45) is 0 Å². The fourth-order valence-electron chi connectivity index (χ4n) is 4.07. The van der Waals surface area contributed by atoms with E-state index in [2.05, 4.69) is 30.7 Å². The van der Waals surface area contributed by atoms with Crippen LogP contribution in [0.3, 0.4) is 0 Å². The molecule has 0 radical (unpaired) electrons. The Morgan fingerprint density at radius 3 is 2.40 bits per heavy atom. The molecular weight excluding hydrogens is 380 g/mol. The Morgan fingerprint density at radius 2 is 1.60 bits per heavy atom. The average Bonchev–Trinajstić information content (AvgIpc) is 2.79. The van der Waals surface area contributed by atoms with Crippen molar-refractivity contribution in [3.63, 3.8) is 0 Å². The number of ether oxygens (including phenoxy) is 1. The van der Waals surface area contributed by atoms with Crippen molar-refractivity contribution in [3.05, 3.63) is 36.0 Å². The first-order chi connectivity index (χ1) is 14.7. The molecule has 2 aliphatic heterocycles. The second-order valence-corrected chi connectivity index (χ2v) is 7.73. The van der Waals surface area contributed by atoms with Gasteiger partial charge in [-0.15, -0.1) is 0 Å². The number of hydrogen-bond acceptors (Lipinski definition) is 9. The van der Waals surface area contributed by atoms with Gasteiger partial charge in [0, 0.05) is 62.6 Å². The van der Waals surface area contributed by atoms with Crippen molar-refractivity contribution in [1.82, 2.24) is 24.9 Å². The zero-order chi connectivity index (χ0) is 20.5. The third kappa shape index (κ3) is 3.72. The van der Waals surface area contributed by atoms with Crippen molar-refractivity contribution in [1.29, 1.82) is 0 Å². The number of morpholine rings is 1. The van der Waals surface area contributed by atoms with Crippen LogP contribution in [0.4, 0.5) is 17.6 Å². The van der Waals surface area contributed by atoms with Gasteiger partial charge in [0.05, 0.1) is 24.9 Å². The van der Waals surface area contributed by atoms with Gasteiger partial charge in [-0.25, -0.2) is 15.0 Å². The molecule has 3 aromatic rings. The van der Waals surface area contributed by atoms with Crippen molar-refractivity contribution in [2.45, 2.75) is 13.8 Å². The van der Waals surface area contributed by atoms with E-state index in [0.29, 0.717) is 0 Å². The van der Waals surface area contributed by atoms with Crippen LogP contribution in [0, 0.1) is 13.8 Å². The summed E-state index contributed by atoms with van der Waals surface area (Å²) in [6.07, 6.45) is 3.60. The van der Waals surface area contributed by atoms with Gasteiger partial charge in [-0.05, 0) is 19.9 Å². The SMILES string of the molecule is Cc1cc(N2CCOCC2)nc(N2CCN(c3nc(C)nc4cnccc34)CC2)n1. The van der Waals surface area contributed by atoms with E-state index in [4.69, 9.17) is 19.7 Å². The van der Waals surface area contributed by atoms with Gasteiger partial charge in [0.1, 0.15) is 17.5 Å². The summed E-state index contributed by atoms with van der Waals surface area (Å²) in [5.74, 6) is 3.56. The predicted octanol–water partition coefficient (Wildman–Crippen LogP) is 1.59. The lowest BCUT2D eigenvalue weighted by atomic mass is 10.2. The Morgan fingerprint density at radius 1 is 0.833 bits per heavy atom. The van der Waals surface area contributed by atoms with Crippen LogP contribution in [0.25, 0.3) is 10.9 Å². The second-order valence-electron chi connectivity index (χ2n) is 7.73. The molecule has 3 aromatic heterocycles. The molecule has 0 atom stereocenters. The summed E-state index contributed by atoms with van der Waals surface area (Å²) in [5, 5.41) is 1.05. The van der Waals surface area contributed by atoms with Gasteiger partial charge in [-0.1, -0.05) is 0 Å². The number of hydrogen-bond donors (Lipinski definition) is 0. The zero-order valence-corrected chi connectivity index (χ0v) is 17.5. The smallest absolute Gasteiger partial charge is 0.227 e. The Kier molecular flexibility index (Phi) is 5.04. The minimum Gasteiger partial charge on any atom is -0.378 e. The highest BCUT2D eigenvalue weighted by Gasteiger charge is 2.23. The second kappa shape index (κ2) is 7.98. The van der Waals surface area contributed by atoms with Gasteiger partial charge in [0.25, 0.3) is 0 Å². The highest BCUT2D eigenvalue weighted by Crippen LogP contribution is 2.25. The molecule has 5 heterocycles. The first-order valence-electron chi connectivity index (χ1n) is 10.4. The summed E-state index contributed by atoms with van der Waals surface area (Å²) in [5.41, 5.74) is 1.88. The molecule has 0 aromatic carbocycles. The quantitative estimate of drug-likeness (QED) is 0.644. The highest BCUT2D eigenvalue weighted by molar-refractivity contribution is 5.88. The number of nitrogens with zero attached hydrogens (tertiary/aromatic N) is 8. The molecular formula is C21H26N8O. The summed E-state index contributed by atoms with van der Waals surface area (Å²) in [4.78, 5) is 29.9. The molecule has 0 saturated carbocycles. The monoisotopic (exact) mass is 406 g/mol. The van der Waals surface area contributed by atoms with Gasteiger partial charge >= 0.3 is 0 Å². The maximum atomic E-state index is 5.48. The molecule has 156 valence electrons. The summed E-state index contributed by atoms with van der Waals surface area (Å²) in [6.45, 7) is 10.6. The minimum absolute atomic E-state index is 0.749. The molecule has 0 unspecified atom stereocenters. The van der Waals surface area contributed by atoms with E-state index in [1.54, 1.807) is 12.4 Å². The van der Waals surface area contributed by atoms with E-state index in [1.807, 2.05) is 19.9 Å². The van der Waals surface area contributed by atoms with Crippen LogP contribution in [-0.4, -0.2) is 77.4 Å². The molecule has 0 N–H and O–H groups in total. The van der Waals surface area contributed by atoms with Crippen LogP contribution in [0.5, 0.6) is 0 Å². The van der Waals surface area contributed by atoms with Gasteiger partial charge < -0.3 is 19.4 Å². The topological polar surface area (TPSA) is 83.4 Å². The van der Waals surface area contributed by atoms with Crippen molar-refractivity contribution in [3.8, 4) is 0 Å². The number of anilines is 3. The Bertz CT molecular complexity index is 1040. The van der Waals surface area contributed by atoms with Gasteiger partial charge in [0.2, 0.25) is 5.95 Å². The number of rotatable bonds is 3. The number of aryl methyl sites for hydroxylation is 2. The molecule has 30 heavy (non-hydrogen) atoms. The van der Waals surface area contributed by atoms with Gasteiger partial charge in [-0.3, -0.25) is 4.98 Å².